The SMILES string of the molecule is [O-][s+]1ncc(NCCCc2ccccc2)n1. The third-order valence-electron chi connectivity index (χ3n) is 2.23. The molecule has 1 unspecified atom stereocenters. The first-order chi connectivity index (χ1) is 7.84. The van der Waals surface area contributed by atoms with Crippen LogP contribution in [0, 0.1) is 0 Å². The van der Waals surface area contributed by atoms with Crippen molar-refractivity contribution in [1.82, 2.24) is 8.75 Å². The number of benzene rings is 1. The van der Waals surface area contributed by atoms with E-state index >= 15 is 0 Å². The van der Waals surface area contributed by atoms with Crippen LogP contribution in [0.3, 0.4) is 0 Å². The van der Waals surface area contributed by atoms with Crippen molar-refractivity contribution in [3.05, 3.63) is 42.1 Å². The van der Waals surface area contributed by atoms with Crippen LogP contribution in [-0.2, 0) is 6.42 Å². The Hall–Kier alpha value is -1.46. The predicted octanol–water partition coefficient (Wildman–Crippen LogP) is 2.25. The van der Waals surface area contributed by atoms with Gasteiger partial charge in [0.1, 0.15) is 6.20 Å². The van der Waals surface area contributed by atoms with Gasteiger partial charge in [0, 0.05) is 10.9 Å². The zero-order valence-corrected chi connectivity index (χ0v) is 9.61. The van der Waals surface area contributed by atoms with E-state index in [9.17, 15) is 4.55 Å². The van der Waals surface area contributed by atoms with Crippen LogP contribution in [0.5, 0.6) is 0 Å². The molecule has 0 aliphatic heterocycles. The van der Waals surface area contributed by atoms with Gasteiger partial charge in [-0.15, -0.1) is 0 Å². The first-order valence-electron chi connectivity index (χ1n) is 5.17. The van der Waals surface area contributed by atoms with E-state index in [0.29, 0.717) is 5.82 Å². The second-order valence-electron chi connectivity index (χ2n) is 3.46. The van der Waals surface area contributed by atoms with Crippen LogP contribution in [0.25, 0.3) is 0 Å². The fraction of sp³-hybridized carbons (Fsp3) is 0.273. The average molecular weight is 235 g/mol. The maximum absolute atomic E-state index is 10.8. The molecule has 0 fully saturated rings. The summed E-state index contributed by atoms with van der Waals surface area (Å²) >= 11 is -1.40. The zero-order chi connectivity index (χ0) is 11.2. The second-order valence-corrected chi connectivity index (χ2v) is 4.31. The van der Waals surface area contributed by atoms with Crippen LogP contribution >= 0.6 is 11.1 Å². The molecule has 1 aromatic heterocycles. The molecule has 4 nitrogen and oxygen atoms in total. The van der Waals surface area contributed by atoms with Crippen molar-refractivity contribution >= 4 is 17.0 Å². The molecule has 0 radical (unpaired) electrons. The molecule has 1 heterocycles. The summed E-state index contributed by atoms with van der Waals surface area (Å²) in [4.78, 5) is 0. The first kappa shape index (κ1) is 11.0. The molecule has 1 atom stereocenters. The zero-order valence-electron chi connectivity index (χ0n) is 8.80. The highest BCUT2D eigenvalue weighted by atomic mass is 32.2. The lowest BCUT2D eigenvalue weighted by Crippen LogP contribution is -2.02. The van der Waals surface area contributed by atoms with Crippen molar-refractivity contribution in [2.75, 3.05) is 11.9 Å². The molecular formula is C11H13N3OS. The Morgan fingerprint density at radius 3 is 2.75 bits per heavy atom. The normalized spacial score (nSPS) is 11.4. The maximum atomic E-state index is 10.8. The number of aromatic nitrogens is 2. The van der Waals surface area contributed by atoms with E-state index < -0.39 is 11.1 Å². The lowest BCUT2D eigenvalue weighted by Gasteiger charge is -2.01. The Labute approximate surface area is 97.5 Å². The molecule has 16 heavy (non-hydrogen) atoms. The summed E-state index contributed by atoms with van der Waals surface area (Å²) in [7, 11) is 0. The molecule has 0 aliphatic rings. The molecular weight excluding hydrogens is 222 g/mol. The fourth-order valence-corrected chi connectivity index (χ4v) is 1.97. The highest BCUT2D eigenvalue weighted by molar-refractivity contribution is 7.14. The topological polar surface area (TPSA) is 60.9 Å². The Morgan fingerprint density at radius 1 is 1.25 bits per heavy atom. The third-order valence-corrected chi connectivity index (χ3v) is 2.87. The largest absolute Gasteiger partial charge is 0.546 e. The summed E-state index contributed by atoms with van der Waals surface area (Å²) in [6, 6.07) is 10.3. The summed E-state index contributed by atoms with van der Waals surface area (Å²) in [5.74, 6) is 0.617. The van der Waals surface area contributed by atoms with Gasteiger partial charge in [-0.3, -0.25) is 0 Å². The number of nitrogens with zero attached hydrogens (tertiary/aromatic N) is 2. The fourth-order valence-electron chi connectivity index (χ4n) is 1.46. The molecule has 0 saturated heterocycles. The van der Waals surface area contributed by atoms with E-state index in [1.807, 2.05) is 18.2 Å². The van der Waals surface area contributed by atoms with Gasteiger partial charge in [0.25, 0.3) is 0 Å². The standard InChI is InChI=1S/C11H13N3OS/c15-16-13-9-11(14-16)12-8-4-7-10-5-2-1-3-6-10/h1-3,5-6,9H,4,7-8H2,(H,12,14). The van der Waals surface area contributed by atoms with Gasteiger partial charge in [-0.25, -0.2) is 0 Å². The van der Waals surface area contributed by atoms with Crippen LogP contribution in [0.4, 0.5) is 5.82 Å². The van der Waals surface area contributed by atoms with Crippen molar-refractivity contribution in [1.29, 1.82) is 0 Å². The molecule has 0 spiro atoms. The lowest BCUT2D eigenvalue weighted by molar-refractivity contribution is 0.585. The average Bonchev–Trinajstić information content (AvgIpc) is 2.72. The van der Waals surface area contributed by atoms with Crippen molar-refractivity contribution in [2.45, 2.75) is 12.8 Å². The quantitative estimate of drug-likeness (QED) is 0.638. The second kappa shape index (κ2) is 5.58. The highest BCUT2D eigenvalue weighted by Gasteiger charge is 2.01. The molecule has 5 heteroatoms. The van der Waals surface area contributed by atoms with Gasteiger partial charge < -0.3 is 9.87 Å². The minimum atomic E-state index is -1.40. The van der Waals surface area contributed by atoms with E-state index in [0.717, 1.165) is 19.4 Å². The summed E-state index contributed by atoms with van der Waals surface area (Å²) < 4.78 is 18.2. The smallest absolute Gasteiger partial charge is 0.208 e. The van der Waals surface area contributed by atoms with Gasteiger partial charge in [0.2, 0.25) is 5.82 Å². The molecule has 1 aromatic carbocycles. The highest BCUT2D eigenvalue weighted by Crippen LogP contribution is 2.09. The van der Waals surface area contributed by atoms with E-state index in [1.54, 1.807) is 0 Å². The van der Waals surface area contributed by atoms with E-state index in [1.165, 1.54) is 11.8 Å². The van der Waals surface area contributed by atoms with Crippen LogP contribution < -0.4 is 5.32 Å². The molecule has 0 aliphatic carbocycles. The summed E-state index contributed by atoms with van der Waals surface area (Å²) in [6.45, 7) is 0.816. The Bertz CT molecular complexity index is 430. The summed E-state index contributed by atoms with van der Waals surface area (Å²) in [5.41, 5.74) is 1.33. The van der Waals surface area contributed by atoms with Crippen LogP contribution in [-0.4, -0.2) is 19.8 Å². The molecule has 1 N–H and O–H groups in total. The molecule has 2 aromatic rings. The van der Waals surface area contributed by atoms with Crippen molar-refractivity contribution in [3.63, 3.8) is 0 Å². The van der Waals surface area contributed by atoms with Gasteiger partial charge >= 0.3 is 0 Å². The van der Waals surface area contributed by atoms with E-state index in [4.69, 9.17) is 0 Å². The molecule has 0 amide bonds. The number of anilines is 1. The number of rotatable bonds is 5. The first-order valence-corrected chi connectivity index (χ1v) is 6.23. The van der Waals surface area contributed by atoms with Crippen LogP contribution in [0.1, 0.15) is 12.0 Å². The van der Waals surface area contributed by atoms with Gasteiger partial charge in [-0.2, -0.15) is 0 Å². The Kier molecular flexibility index (Phi) is 3.85. The van der Waals surface area contributed by atoms with Gasteiger partial charge in [-0.1, -0.05) is 30.3 Å². The minimum Gasteiger partial charge on any atom is -0.546 e. The van der Waals surface area contributed by atoms with Gasteiger partial charge in [-0.05, 0) is 22.8 Å². The van der Waals surface area contributed by atoms with Crippen molar-refractivity contribution in [2.24, 2.45) is 0 Å². The molecule has 2 rings (SSSR count). The lowest BCUT2D eigenvalue weighted by atomic mass is 10.1. The van der Waals surface area contributed by atoms with Crippen LogP contribution in [0.2, 0.25) is 0 Å². The van der Waals surface area contributed by atoms with E-state index in [2.05, 4.69) is 26.2 Å². The summed E-state index contributed by atoms with van der Waals surface area (Å²) in [5, 5.41) is 3.09. The maximum Gasteiger partial charge on any atom is 0.208 e. The minimum absolute atomic E-state index is 0.617. The van der Waals surface area contributed by atoms with Crippen molar-refractivity contribution in [3.8, 4) is 0 Å². The number of aryl methyl sites for hydroxylation is 1. The number of nitrogens with one attached hydrogen (secondary N) is 1. The number of hydrogen-bond donors (Lipinski definition) is 1. The molecule has 0 bridgehead atoms. The third kappa shape index (κ3) is 3.29. The van der Waals surface area contributed by atoms with Crippen LogP contribution in [0.15, 0.2) is 36.5 Å². The monoisotopic (exact) mass is 235 g/mol. The predicted molar refractivity (Wildman–Crippen MR) is 63.9 cm³/mol. The summed E-state index contributed by atoms with van der Waals surface area (Å²) in [6.07, 6.45) is 3.56. The number of hydrogen-bond acceptors (Lipinski definition) is 4. The van der Waals surface area contributed by atoms with E-state index in [-0.39, 0.29) is 0 Å². The van der Waals surface area contributed by atoms with Gasteiger partial charge in [0.15, 0.2) is 11.1 Å². The Balaban J connectivity index is 1.69. The molecule has 84 valence electrons. The van der Waals surface area contributed by atoms with Gasteiger partial charge in [0.05, 0.1) is 0 Å². The molecule has 0 saturated carbocycles. The van der Waals surface area contributed by atoms with Crippen molar-refractivity contribution < 1.29 is 4.55 Å². The Morgan fingerprint density at radius 2 is 2.06 bits per heavy atom.